The quantitative estimate of drug-likeness (QED) is 0.339. The first-order chi connectivity index (χ1) is 10.8. The van der Waals surface area contributed by atoms with Gasteiger partial charge in [-0.25, -0.2) is 0 Å². The Morgan fingerprint density at radius 2 is 1.68 bits per heavy atom. The van der Waals surface area contributed by atoms with Crippen LogP contribution in [0.2, 0.25) is 0 Å². The average Bonchev–Trinajstić information content (AvgIpc) is 2.58. The molecular formula is C18H16NO2S+. The lowest BCUT2D eigenvalue weighted by atomic mass is 10.1. The maximum absolute atomic E-state index is 12.5. The van der Waals surface area contributed by atoms with Crippen molar-refractivity contribution in [3.8, 4) is 5.88 Å². The molecule has 0 spiro atoms. The van der Waals surface area contributed by atoms with E-state index in [0.29, 0.717) is 11.4 Å². The number of benzene rings is 2. The van der Waals surface area contributed by atoms with Crippen LogP contribution in [-0.2, 0) is 6.54 Å². The minimum Gasteiger partial charge on any atom is -0.434 e. The van der Waals surface area contributed by atoms with Gasteiger partial charge in [-0.2, -0.15) is 4.57 Å². The molecule has 22 heavy (non-hydrogen) atoms. The summed E-state index contributed by atoms with van der Waals surface area (Å²) in [5.74, 6) is 0.946. The van der Waals surface area contributed by atoms with Gasteiger partial charge in [0.1, 0.15) is 5.94 Å². The molecule has 0 saturated heterocycles. The van der Waals surface area contributed by atoms with Crippen molar-refractivity contribution in [3.05, 3.63) is 72.3 Å². The van der Waals surface area contributed by atoms with Gasteiger partial charge in [-0.1, -0.05) is 42.5 Å². The summed E-state index contributed by atoms with van der Waals surface area (Å²) in [6.45, 7) is 0.231. The van der Waals surface area contributed by atoms with E-state index < -0.39 is 0 Å². The van der Waals surface area contributed by atoms with Gasteiger partial charge in [0, 0.05) is 17.0 Å². The van der Waals surface area contributed by atoms with Crippen LogP contribution in [0.25, 0.3) is 10.9 Å². The van der Waals surface area contributed by atoms with Gasteiger partial charge in [-0.05, 0) is 12.1 Å². The Morgan fingerprint density at radius 1 is 0.955 bits per heavy atom. The van der Waals surface area contributed by atoms with E-state index in [-0.39, 0.29) is 18.3 Å². The summed E-state index contributed by atoms with van der Waals surface area (Å²) >= 11 is 4.11. The molecule has 3 aromatic rings. The van der Waals surface area contributed by atoms with Crippen molar-refractivity contribution < 1.29 is 14.1 Å². The molecule has 0 saturated carbocycles. The van der Waals surface area contributed by atoms with Gasteiger partial charge >= 0.3 is 5.88 Å². The lowest BCUT2D eigenvalue weighted by molar-refractivity contribution is -0.662. The maximum atomic E-state index is 12.5. The molecular weight excluding hydrogens is 294 g/mol. The van der Waals surface area contributed by atoms with Crippen LogP contribution in [-0.4, -0.2) is 11.7 Å². The molecule has 3 rings (SSSR count). The van der Waals surface area contributed by atoms with Crippen LogP contribution in [0.4, 0.5) is 0 Å². The zero-order valence-corrected chi connectivity index (χ0v) is 12.9. The molecule has 1 heterocycles. The Hall–Kier alpha value is -2.33. The van der Waals surface area contributed by atoms with E-state index in [0.717, 1.165) is 10.9 Å². The van der Waals surface area contributed by atoms with E-state index in [1.165, 1.54) is 0 Å². The van der Waals surface area contributed by atoms with E-state index in [9.17, 15) is 4.79 Å². The molecule has 0 amide bonds. The van der Waals surface area contributed by atoms with Crippen LogP contribution in [0.5, 0.6) is 5.88 Å². The van der Waals surface area contributed by atoms with Gasteiger partial charge in [0.15, 0.2) is 0 Å². The van der Waals surface area contributed by atoms with Crippen molar-refractivity contribution in [2.75, 3.05) is 5.94 Å². The number of hydrogen-bond donors (Lipinski definition) is 1. The lowest BCUT2D eigenvalue weighted by Crippen LogP contribution is -2.40. The van der Waals surface area contributed by atoms with E-state index in [2.05, 4.69) is 12.6 Å². The molecule has 4 heteroatoms. The number of ketones is 1. The topological polar surface area (TPSA) is 30.2 Å². The van der Waals surface area contributed by atoms with Crippen molar-refractivity contribution in [1.82, 2.24) is 0 Å². The monoisotopic (exact) mass is 310 g/mol. The van der Waals surface area contributed by atoms with E-state index in [4.69, 9.17) is 4.74 Å². The number of Topliss-reactive ketones (excluding diaryl/α,β-unsaturated/α-hetero) is 1. The number of carbonyl (C=O) groups excluding carboxylic acids is 1. The third-order valence-corrected chi connectivity index (χ3v) is 3.64. The zero-order valence-electron chi connectivity index (χ0n) is 12.0. The SMILES string of the molecule is O=C(C[n+]1c(OCS)ccc2ccccc21)c1ccccc1. The van der Waals surface area contributed by atoms with Crippen LogP contribution in [0, 0.1) is 0 Å². The number of para-hydroxylation sites is 1. The highest BCUT2D eigenvalue weighted by molar-refractivity contribution is 7.80. The van der Waals surface area contributed by atoms with Crippen molar-refractivity contribution in [3.63, 3.8) is 0 Å². The standard InChI is InChI=1S/C18H15NO2S/c20-17(15-7-2-1-3-8-15)12-19-16-9-5-4-6-14(16)10-11-18(19)21-13-22/h1-11H,12-13H2/p+1. The fourth-order valence-electron chi connectivity index (χ4n) is 2.46. The summed E-state index contributed by atoms with van der Waals surface area (Å²) in [6, 6.07) is 21.1. The Labute approximate surface area is 134 Å². The van der Waals surface area contributed by atoms with Crippen LogP contribution in [0.15, 0.2) is 66.7 Å². The molecule has 2 aromatic carbocycles. The van der Waals surface area contributed by atoms with E-state index in [1.54, 1.807) is 0 Å². The molecule has 0 aliphatic heterocycles. The fourth-order valence-corrected chi connectivity index (χ4v) is 2.59. The lowest BCUT2D eigenvalue weighted by Gasteiger charge is -2.07. The summed E-state index contributed by atoms with van der Waals surface area (Å²) in [5.41, 5.74) is 1.66. The molecule has 0 bridgehead atoms. The second kappa shape index (κ2) is 6.62. The van der Waals surface area contributed by atoms with Gasteiger partial charge < -0.3 is 4.74 Å². The third kappa shape index (κ3) is 2.97. The minimum absolute atomic E-state index is 0.0472. The summed E-state index contributed by atoms with van der Waals surface area (Å²) in [6.07, 6.45) is 0. The Balaban J connectivity index is 2.04. The molecule has 0 radical (unpaired) electrons. The van der Waals surface area contributed by atoms with Gasteiger partial charge in [0.2, 0.25) is 17.8 Å². The normalized spacial score (nSPS) is 10.6. The molecule has 0 aliphatic carbocycles. The highest BCUT2D eigenvalue weighted by Crippen LogP contribution is 2.15. The van der Waals surface area contributed by atoms with Crippen LogP contribution in [0.1, 0.15) is 10.4 Å². The Kier molecular flexibility index (Phi) is 4.39. The van der Waals surface area contributed by atoms with E-state index >= 15 is 0 Å². The van der Waals surface area contributed by atoms with Crippen molar-refractivity contribution in [1.29, 1.82) is 0 Å². The van der Waals surface area contributed by atoms with Gasteiger partial charge in [-0.3, -0.25) is 4.79 Å². The van der Waals surface area contributed by atoms with Crippen molar-refractivity contribution in [2.24, 2.45) is 0 Å². The average molecular weight is 310 g/mol. The number of rotatable bonds is 5. The minimum atomic E-state index is 0.0472. The van der Waals surface area contributed by atoms with Gasteiger partial charge in [-0.15, -0.1) is 12.6 Å². The molecule has 0 unspecified atom stereocenters. The highest BCUT2D eigenvalue weighted by Gasteiger charge is 2.21. The smallest absolute Gasteiger partial charge is 0.369 e. The second-order valence-electron chi connectivity index (χ2n) is 4.88. The molecule has 110 valence electrons. The second-order valence-corrected chi connectivity index (χ2v) is 5.14. The summed E-state index contributed by atoms with van der Waals surface area (Å²) in [5, 5.41) is 1.06. The molecule has 0 fully saturated rings. The van der Waals surface area contributed by atoms with E-state index in [1.807, 2.05) is 71.3 Å². The molecule has 1 aromatic heterocycles. The predicted octanol–water partition coefficient (Wildman–Crippen LogP) is 3.28. The first kappa shape index (κ1) is 14.6. The predicted molar refractivity (Wildman–Crippen MR) is 89.4 cm³/mol. The Morgan fingerprint density at radius 3 is 2.45 bits per heavy atom. The third-order valence-electron chi connectivity index (χ3n) is 3.51. The number of carbonyl (C=O) groups is 1. The fraction of sp³-hybridized carbons (Fsp3) is 0.111. The number of ether oxygens (including phenoxy) is 1. The number of pyridine rings is 1. The maximum Gasteiger partial charge on any atom is 0.369 e. The molecule has 0 atom stereocenters. The number of hydrogen-bond acceptors (Lipinski definition) is 3. The number of aromatic nitrogens is 1. The number of thiol groups is 1. The molecule has 0 aliphatic rings. The van der Waals surface area contributed by atoms with Gasteiger partial charge in [0.25, 0.3) is 0 Å². The van der Waals surface area contributed by atoms with Crippen molar-refractivity contribution in [2.45, 2.75) is 6.54 Å². The Bertz CT molecular complexity index is 803. The highest BCUT2D eigenvalue weighted by atomic mass is 32.1. The summed E-state index contributed by atoms with van der Waals surface area (Å²) in [4.78, 5) is 12.5. The van der Waals surface area contributed by atoms with Crippen molar-refractivity contribution >= 4 is 29.3 Å². The first-order valence-electron chi connectivity index (χ1n) is 7.03. The molecule has 3 nitrogen and oxygen atoms in total. The molecule has 0 N–H and O–H groups in total. The number of fused-ring (bicyclic) bond motifs is 1. The van der Waals surface area contributed by atoms with Crippen LogP contribution < -0.4 is 9.30 Å². The number of nitrogens with zero attached hydrogens (tertiary/aromatic N) is 1. The summed E-state index contributed by atoms with van der Waals surface area (Å²) in [7, 11) is 0. The zero-order chi connectivity index (χ0) is 15.4. The van der Waals surface area contributed by atoms with Crippen LogP contribution in [0.3, 0.4) is 0 Å². The van der Waals surface area contributed by atoms with Crippen LogP contribution >= 0.6 is 12.6 Å². The summed E-state index contributed by atoms with van der Waals surface area (Å²) < 4.78 is 7.45. The van der Waals surface area contributed by atoms with Gasteiger partial charge in [0.05, 0.1) is 6.07 Å². The first-order valence-corrected chi connectivity index (χ1v) is 7.66. The largest absolute Gasteiger partial charge is 0.434 e.